The molecule has 0 saturated carbocycles. The molecule has 2 rings (SSSR count). The van der Waals surface area contributed by atoms with Gasteiger partial charge in [-0.1, -0.05) is 18.2 Å². The molecule has 2 N–H and O–H groups in total. The smallest absolute Gasteiger partial charge is 0.356 e. The number of guanidine groups is 1. The van der Waals surface area contributed by atoms with E-state index in [4.69, 9.17) is 0 Å². The molecule has 10 heteroatoms. The molecule has 0 radical (unpaired) electrons. The Morgan fingerprint density at radius 3 is 2.50 bits per heavy atom. The van der Waals surface area contributed by atoms with Gasteiger partial charge < -0.3 is 10.6 Å². The summed E-state index contributed by atoms with van der Waals surface area (Å²) in [4.78, 5) is 3.95. The molecule has 1 heterocycles. The topological polar surface area (TPSA) is 54.2 Å². The number of alkyl halides is 3. The minimum absolute atomic E-state index is 0. The lowest BCUT2D eigenvalue weighted by Crippen LogP contribution is -2.38. The van der Waals surface area contributed by atoms with Crippen molar-refractivity contribution in [2.45, 2.75) is 19.1 Å². The Morgan fingerprint density at radius 1 is 1.19 bits per heavy atom. The predicted molar refractivity (Wildman–Crippen MR) is 102 cm³/mol. The van der Waals surface area contributed by atoms with Crippen molar-refractivity contribution in [2.24, 2.45) is 12.0 Å². The monoisotopic (exact) mass is 485 g/mol. The molecule has 0 unspecified atom stereocenters. The molecule has 0 atom stereocenters. The largest absolute Gasteiger partial charge is 0.435 e. The second-order valence-electron chi connectivity index (χ2n) is 5.37. The number of nitrogens with zero attached hydrogens (tertiary/aromatic N) is 3. The Hall–Kier alpha value is -1.85. The minimum Gasteiger partial charge on any atom is -0.356 e. The molecule has 0 aliphatic rings. The summed E-state index contributed by atoms with van der Waals surface area (Å²) in [6, 6.07) is 6.41. The van der Waals surface area contributed by atoms with Gasteiger partial charge in [0.05, 0.1) is 0 Å². The third-order valence-electron chi connectivity index (χ3n) is 3.49. The van der Waals surface area contributed by atoms with E-state index < -0.39 is 11.9 Å². The molecule has 1 aromatic heterocycles. The number of rotatable bonds is 5. The van der Waals surface area contributed by atoms with Gasteiger partial charge >= 0.3 is 6.18 Å². The zero-order valence-corrected chi connectivity index (χ0v) is 16.6. The lowest BCUT2D eigenvalue weighted by atomic mass is 10.1. The van der Waals surface area contributed by atoms with E-state index in [0.29, 0.717) is 24.5 Å². The molecule has 144 valence electrons. The standard InChI is InChI=1S/C16H19F4N5.HI/c1-21-15(22-8-7-11-5-3-4-6-13(11)17)23-9-12-10-25(2)24-14(12)16(18,19)20;/h3-6,10H,7-9H2,1-2H3,(H2,21,22,23);1H. The highest BCUT2D eigenvalue weighted by Gasteiger charge is 2.36. The van der Waals surface area contributed by atoms with Gasteiger partial charge in [-0.2, -0.15) is 18.3 Å². The summed E-state index contributed by atoms with van der Waals surface area (Å²) in [7, 11) is 2.94. The first-order valence-corrected chi connectivity index (χ1v) is 7.59. The Kier molecular flexibility index (Phi) is 8.31. The number of nitrogens with one attached hydrogen (secondary N) is 2. The van der Waals surface area contributed by atoms with Crippen LogP contribution in [0, 0.1) is 5.82 Å². The van der Waals surface area contributed by atoms with Gasteiger partial charge in [0.1, 0.15) is 5.82 Å². The van der Waals surface area contributed by atoms with Crippen LogP contribution in [0.2, 0.25) is 0 Å². The van der Waals surface area contributed by atoms with Crippen molar-refractivity contribution in [2.75, 3.05) is 13.6 Å². The van der Waals surface area contributed by atoms with Gasteiger partial charge in [0.25, 0.3) is 0 Å². The van der Waals surface area contributed by atoms with E-state index in [2.05, 4.69) is 20.7 Å². The summed E-state index contributed by atoms with van der Waals surface area (Å²) in [6.45, 7) is 0.307. The van der Waals surface area contributed by atoms with Gasteiger partial charge in [-0.3, -0.25) is 9.67 Å². The molecule has 5 nitrogen and oxygen atoms in total. The van der Waals surface area contributed by atoms with Crippen LogP contribution in [0.4, 0.5) is 17.6 Å². The van der Waals surface area contributed by atoms with E-state index in [1.165, 1.54) is 26.4 Å². The summed E-state index contributed by atoms with van der Waals surface area (Å²) in [5.41, 5.74) is -0.353. The Bertz CT molecular complexity index is 742. The van der Waals surface area contributed by atoms with Crippen molar-refractivity contribution in [1.29, 1.82) is 0 Å². The second kappa shape index (κ2) is 9.74. The normalized spacial score (nSPS) is 11.8. The summed E-state index contributed by atoms with van der Waals surface area (Å²) >= 11 is 0. The van der Waals surface area contributed by atoms with Crippen LogP contribution in [0.25, 0.3) is 0 Å². The lowest BCUT2D eigenvalue weighted by Gasteiger charge is -2.12. The van der Waals surface area contributed by atoms with Crippen molar-refractivity contribution >= 4 is 29.9 Å². The van der Waals surface area contributed by atoms with Gasteiger partial charge in [0.15, 0.2) is 11.7 Å². The molecule has 0 aliphatic heterocycles. The highest BCUT2D eigenvalue weighted by molar-refractivity contribution is 14.0. The van der Waals surface area contributed by atoms with Gasteiger partial charge in [-0.05, 0) is 18.1 Å². The summed E-state index contributed by atoms with van der Waals surface area (Å²) in [5, 5.41) is 9.20. The predicted octanol–water partition coefficient (Wildman–Crippen LogP) is 3.10. The first-order valence-electron chi connectivity index (χ1n) is 7.59. The van der Waals surface area contributed by atoms with Crippen LogP contribution in [0.5, 0.6) is 0 Å². The highest BCUT2D eigenvalue weighted by atomic mass is 127. The number of halogens is 5. The third-order valence-corrected chi connectivity index (χ3v) is 3.49. The molecule has 2 aromatic rings. The molecule has 1 aromatic carbocycles. The molecular formula is C16H20F4IN5. The lowest BCUT2D eigenvalue weighted by molar-refractivity contribution is -0.142. The van der Waals surface area contributed by atoms with Crippen molar-refractivity contribution < 1.29 is 17.6 Å². The highest BCUT2D eigenvalue weighted by Crippen LogP contribution is 2.30. The number of benzene rings is 1. The number of hydrogen-bond donors (Lipinski definition) is 2. The van der Waals surface area contributed by atoms with E-state index in [0.717, 1.165) is 4.68 Å². The van der Waals surface area contributed by atoms with Gasteiger partial charge in [-0.25, -0.2) is 4.39 Å². The summed E-state index contributed by atoms with van der Waals surface area (Å²) < 4.78 is 53.4. The maximum absolute atomic E-state index is 13.5. The van der Waals surface area contributed by atoms with Crippen LogP contribution >= 0.6 is 24.0 Å². The zero-order valence-electron chi connectivity index (χ0n) is 14.3. The van der Waals surface area contributed by atoms with Crippen molar-refractivity contribution in [3.05, 3.63) is 53.1 Å². The van der Waals surface area contributed by atoms with Crippen LogP contribution < -0.4 is 10.6 Å². The van der Waals surface area contributed by atoms with E-state index in [1.807, 2.05) is 0 Å². The van der Waals surface area contributed by atoms with Crippen molar-refractivity contribution in [3.8, 4) is 0 Å². The number of aryl methyl sites for hydroxylation is 1. The Balaban J connectivity index is 0.00000338. The molecule has 0 amide bonds. The molecular weight excluding hydrogens is 465 g/mol. The Labute approximate surface area is 165 Å². The van der Waals surface area contributed by atoms with Crippen LogP contribution in [0.3, 0.4) is 0 Å². The van der Waals surface area contributed by atoms with Gasteiger partial charge in [-0.15, -0.1) is 24.0 Å². The molecule has 0 aliphatic carbocycles. The second-order valence-corrected chi connectivity index (χ2v) is 5.37. The fourth-order valence-corrected chi connectivity index (χ4v) is 2.32. The average Bonchev–Trinajstić information content (AvgIpc) is 2.93. The maximum Gasteiger partial charge on any atom is 0.435 e. The molecule has 0 fully saturated rings. The summed E-state index contributed by atoms with van der Waals surface area (Å²) in [5.74, 6) is 0.0331. The fraction of sp³-hybridized carbons (Fsp3) is 0.375. The molecule has 0 bridgehead atoms. The maximum atomic E-state index is 13.5. The van der Waals surface area contributed by atoms with Crippen LogP contribution in [-0.4, -0.2) is 29.3 Å². The quantitative estimate of drug-likeness (QED) is 0.296. The molecule has 26 heavy (non-hydrogen) atoms. The van der Waals surface area contributed by atoms with E-state index in [-0.39, 0.29) is 41.9 Å². The molecule has 0 saturated heterocycles. The zero-order chi connectivity index (χ0) is 18.4. The number of aliphatic imine (C=N–C) groups is 1. The fourth-order valence-electron chi connectivity index (χ4n) is 2.32. The number of aromatic nitrogens is 2. The van der Waals surface area contributed by atoms with Crippen LogP contribution in [-0.2, 0) is 26.2 Å². The molecule has 0 spiro atoms. The third kappa shape index (κ3) is 6.15. The van der Waals surface area contributed by atoms with E-state index in [1.54, 1.807) is 18.2 Å². The first kappa shape index (κ1) is 22.2. The minimum atomic E-state index is -4.51. The van der Waals surface area contributed by atoms with Crippen molar-refractivity contribution in [3.63, 3.8) is 0 Å². The number of hydrogen-bond acceptors (Lipinski definition) is 2. The van der Waals surface area contributed by atoms with Crippen LogP contribution in [0.15, 0.2) is 35.5 Å². The van der Waals surface area contributed by atoms with Crippen LogP contribution in [0.1, 0.15) is 16.8 Å². The van der Waals surface area contributed by atoms with E-state index >= 15 is 0 Å². The summed E-state index contributed by atoms with van der Waals surface area (Å²) in [6.07, 6.45) is -2.78. The Morgan fingerprint density at radius 2 is 1.88 bits per heavy atom. The SMILES string of the molecule is CN=C(NCCc1ccccc1F)NCc1cn(C)nc1C(F)(F)F.I. The van der Waals surface area contributed by atoms with Gasteiger partial charge in [0.2, 0.25) is 0 Å². The van der Waals surface area contributed by atoms with Crippen molar-refractivity contribution in [1.82, 2.24) is 20.4 Å². The van der Waals surface area contributed by atoms with Gasteiger partial charge in [0, 0.05) is 38.9 Å². The van der Waals surface area contributed by atoms with E-state index in [9.17, 15) is 17.6 Å². The first-order chi connectivity index (χ1) is 11.8. The average molecular weight is 485 g/mol.